The van der Waals surface area contributed by atoms with Crippen LogP contribution in [0.3, 0.4) is 0 Å². The van der Waals surface area contributed by atoms with E-state index in [1.807, 2.05) is 18.2 Å². The standard InChI is InChI=1S/C21H19F3N4O3S/c1-32(30,31)20-25-11-18(27-20)19(29)28-9-8-13-2-5-17(10-14(13)12-28)26-16-6-3-15(4-7-16)21(22,23)24/h2-7,10-11,26H,8-9,12H2,1H3,(H,25,27). The predicted molar refractivity (Wildman–Crippen MR) is 111 cm³/mol. The number of imidazole rings is 1. The van der Waals surface area contributed by atoms with Gasteiger partial charge in [-0.2, -0.15) is 13.2 Å². The Morgan fingerprint density at radius 3 is 2.41 bits per heavy atom. The van der Waals surface area contributed by atoms with E-state index in [0.29, 0.717) is 30.9 Å². The van der Waals surface area contributed by atoms with Crippen molar-refractivity contribution in [2.24, 2.45) is 0 Å². The van der Waals surface area contributed by atoms with Gasteiger partial charge in [0, 0.05) is 36.9 Å². The number of halogens is 3. The fourth-order valence-electron chi connectivity index (χ4n) is 3.48. The normalized spacial score (nSPS) is 14.2. The minimum Gasteiger partial charge on any atom is -0.356 e. The SMILES string of the molecule is CS(=O)(=O)c1nc(C(=O)N2CCc3ccc(Nc4ccc(C(F)(F)F)cc4)cc3C2)c[nH]1. The van der Waals surface area contributed by atoms with Crippen LogP contribution < -0.4 is 5.32 Å². The summed E-state index contributed by atoms with van der Waals surface area (Å²) >= 11 is 0. The zero-order valence-electron chi connectivity index (χ0n) is 16.9. The van der Waals surface area contributed by atoms with E-state index in [4.69, 9.17) is 0 Å². The van der Waals surface area contributed by atoms with Gasteiger partial charge in [0.05, 0.1) is 5.56 Å². The molecule has 4 rings (SSSR count). The molecule has 1 aromatic heterocycles. The molecule has 1 aliphatic heterocycles. The third-order valence-electron chi connectivity index (χ3n) is 5.13. The summed E-state index contributed by atoms with van der Waals surface area (Å²) in [5.74, 6) is -0.386. The van der Waals surface area contributed by atoms with Crippen LogP contribution in [0, 0.1) is 0 Å². The molecule has 0 aliphatic carbocycles. The van der Waals surface area contributed by atoms with Gasteiger partial charge in [0.25, 0.3) is 5.91 Å². The number of carbonyl (C=O) groups is 1. The number of hydrogen-bond acceptors (Lipinski definition) is 5. The first-order chi connectivity index (χ1) is 15.0. The molecule has 11 heteroatoms. The second-order valence-electron chi connectivity index (χ2n) is 7.52. The smallest absolute Gasteiger partial charge is 0.356 e. The lowest BCUT2D eigenvalue weighted by molar-refractivity contribution is -0.137. The van der Waals surface area contributed by atoms with Gasteiger partial charge in [0.2, 0.25) is 15.0 Å². The van der Waals surface area contributed by atoms with Crippen LogP contribution in [0.1, 0.15) is 27.2 Å². The molecule has 0 saturated heterocycles. The Balaban J connectivity index is 1.49. The monoisotopic (exact) mass is 464 g/mol. The van der Waals surface area contributed by atoms with Crippen molar-refractivity contribution in [1.29, 1.82) is 0 Å². The molecule has 0 radical (unpaired) electrons. The molecule has 2 N–H and O–H groups in total. The Morgan fingerprint density at radius 2 is 1.78 bits per heavy atom. The van der Waals surface area contributed by atoms with Crippen molar-refractivity contribution in [2.75, 3.05) is 18.1 Å². The molecule has 1 aliphatic rings. The summed E-state index contributed by atoms with van der Waals surface area (Å²) in [6.07, 6.45) is -1.50. The zero-order chi connectivity index (χ0) is 23.1. The predicted octanol–water partition coefficient (Wildman–Crippen LogP) is 3.77. The summed E-state index contributed by atoms with van der Waals surface area (Å²) < 4.78 is 61.4. The molecule has 0 fully saturated rings. The number of nitrogens with one attached hydrogen (secondary N) is 2. The van der Waals surface area contributed by atoms with E-state index < -0.39 is 21.6 Å². The summed E-state index contributed by atoms with van der Waals surface area (Å²) in [6, 6.07) is 10.3. The van der Waals surface area contributed by atoms with Gasteiger partial charge in [-0.3, -0.25) is 4.79 Å². The summed E-state index contributed by atoms with van der Waals surface area (Å²) in [6.45, 7) is 0.760. The number of aromatic nitrogens is 2. The molecule has 0 saturated carbocycles. The minimum atomic E-state index is -4.39. The van der Waals surface area contributed by atoms with Gasteiger partial charge in [-0.25, -0.2) is 13.4 Å². The van der Waals surface area contributed by atoms with Crippen LogP contribution in [-0.4, -0.2) is 42.0 Å². The number of carbonyl (C=O) groups excluding carboxylic acids is 1. The Bertz CT molecular complexity index is 1270. The highest BCUT2D eigenvalue weighted by molar-refractivity contribution is 7.90. The molecule has 3 aromatic rings. The molecule has 1 amide bonds. The van der Waals surface area contributed by atoms with Crippen LogP contribution in [-0.2, 0) is 29.0 Å². The second-order valence-corrected chi connectivity index (χ2v) is 9.45. The van der Waals surface area contributed by atoms with Crippen LogP contribution in [0.25, 0.3) is 0 Å². The summed E-state index contributed by atoms with van der Waals surface area (Å²) in [4.78, 5) is 20.7. The lowest BCUT2D eigenvalue weighted by Crippen LogP contribution is -2.36. The molecule has 168 valence electrons. The van der Waals surface area contributed by atoms with E-state index in [2.05, 4.69) is 15.3 Å². The first-order valence-corrected chi connectivity index (χ1v) is 11.5. The van der Waals surface area contributed by atoms with E-state index in [9.17, 15) is 26.4 Å². The number of nitrogens with zero attached hydrogens (tertiary/aromatic N) is 2. The molecule has 32 heavy (non-hydrogen) atoms. The van der Waals surface area contributed by atoms with Crippen molar-refractivity contribution in [2.45, 2.75) is 24.3 Å². The van der Waals surface area contributed by atoms with Gasteiger partial charge in [-0.15, -0.1) is 0 Å². The van der Waals surface area contributed by atoms with E-state index in [1.165, 1.54) is 18.3 Å². The van der Waals surface area contributed by atoms with Crippen molar-refractivity contribution < 1.29 is 26.4 Å². The van der Waals surface area contributed by atoms with Crippen LogP contribution in [0.15, 0.2) is 53.8 Å². The highest BCUT2D eigenvalue weighted by Gasteiger charge is 2.30. The van der Waals surface area contributed by atoms with Crippen LogP contribution in [0.4, 0.5) is 24.5 Å². The summed E-state index contributed by atoms with van der Waals surface area (Å²) in [5, 5.41) is 2.81. The minimum absolute atomic E-state index is 0.0212. The maximum atomic E-state index is 12.8. The summed E-state index contributed by atoms with van der Waals surface area (Å²) in [7, 11) is -3.55. The Kier molecular flexibility index (Phi) is 5.45. The van der Waals surface area contributed by atoms with Crippen molar-refractivity contribution in [3.8, 4) is 0 Å². The molecule has 7 nitrogen and oxygen atoms in total. The van der Waals surface area contributed by atoms with Crippen LogP contribution in [0.2, 0.25) is 0 Å². The number of benzene rings is 2. The molecule has 0 unspecified atom stereocenters. The molecular weight excluding hydrogens is 445 g/mol. The lowest BCUT2D eigenvalue weighted by Gasteiger charge is -2.28. The Morgan fingerprint density at radius 1 is 1.09 bits per heavy atom. The zero-order valence-corrected chi connectivity index (χ0v) is 17.7. The fourth-order valence-corrected chi connectivity index (χ4v) is 4.02. The molecular formula is C21H19F3N4O3S. The van der Waals surface area contributed by atoms with Crippen molar-refractivity contribution in [3.05, 3.63) is 71.0 Å². The number of rotatable bonds is 4. The number of amides is 1. The third-order valence-corrected chi connectivity index (χ3v) is 6.04. The number of H-pyrrole nitrogens is 1. The van der Waals surface area contributed by atoms with Gasteiger partial charge in [0.15, 0.2) is 0 Å². The van der Waals surface area contributed by atoms with Gasteiger partial charge < -0.3 is 15.2 Å². The molecule has 0 atom stereocenters. The number of fused-ring (bicyclic) bond motifs is 1. The lowest BCUT2D eigenvalue weighted by atomic mass is 9.98. The maximum absolute atomic E-state index is 12.8. The molecule has 2 aromatic carbocycles. The Hall–Kier alpha value is -3.34. The first-order valence-electron chi connectivity index (χ1n) is 9.61. The number of sulfone groups is 1. The highest BCUT2D eigenvalue weighted by atomic mass is 32.2. The highest BCUT2D eigenvalue weighted by Crippen LogP contribution is 2.31. The van der Waals surface area contributed by atoms with Gasteiger partial charge in [-0.05, 0) is 53.9 Å². The number of hydrogen-bond donors (Lipinski definition) is 2. The Labute approximate surface area is 182 Å². The molecule has 2 heterocycles. The maximum Gasteiger partial charge on any atom is 0.416 e. The van der Waals surface area contributed by atoms with Crippen molar-refractivity contribution in [3.63, 3.8) is 0 Å². The number of aromatic amines is 1. The van der Waals surface area contributed by atoms with E-state index in [1.54, 1.807) is 4.90 Å². The topological polar surface area (TPSA) is 95.2 Å². The van der Waals surface area contributed by atoms with Gasteiger partial charge in [-0.1, -0.05) is 6.07 Å². The van der Waals surface area contributed by atoms with Crippen molar-refractivity contribution >= 4 is 27.1 Å². The van der Waals surface area contributed by atoms with Gasteiger partial charge in [0.1, 0.15) is 5.69 Å². The largest absolute Gasteiger partial charge is 0.416 e. The van der Waals surface area contributed by atoms with E-state index >= 15 is 0 Å². The van der Waals surface area contributed by atoms with Gasteiger partial charge >= 0.3 is 6.18 Å². The average molecular weight is 464 g/mol. The molecule has 0 bridgehead atoms. The van der Waals surface area contributed by atoms with Crippen LogP contribution in [0.5, 0.6) is 0 Å². The summed E-state index contributed by atoms with van der Waals surface area (Å²) in [5.41, 5.74) is 2.43. The van der Waals surface area contributed by atoms with E-state index in [-0.39, 0.29) is 16.8 Å². The average Bonchev–Trinajstić information content (AvgIpc) is 3.23. The first kappa shape index (κ1) is 21.9. The molecule has 0 spiro atoms. The quantitative estimate of drug-likeness (QED) is 0.613. The van der Waals surface area contributed by atoms with Crippen LogP contribution >= 0.6 is 0 Å². The fraction of sp³-hybridized carbons (Fsp3) is 0.238. The van der Waals surface area contributed by atoms with E-state index in [0.717, 1.165) is 29.5 Å². The number of anilines is 2. The second kappa shape index (κ2) is 7.97. The van der Waals surface area contributed by atoms with Crippen molar-refractivity contribution in [1.82, 2.24) is 14.9 Å². The number of alkyl halides is 3. The third kappa shape index (κ3) is 4.62.